The van der Waals surface area contributed by atoms with Crippen LogP contribution < -0.4 is 21.3 Å². The summed E-state index contributed by atoms with van der Waals surface area (Å²) in [4.78, 5) is 53.3. The Morgan fingerprint density at radius 1 is 1.04 bits per heavy atom. The lowest BCUT2D eigenvalue weighted by molar-refractivity contribution is -0.147. The Hall–Kier alpha value is -4.55. The topological polar surface area (TPSA) is 203 Å². The number of rotatable bonds is 4. The largest absolute Gasteiger partial charge is 0.508 e. The number of urea groups is 1. The lowest BCUT2D eigenvalue weighted by atomic mass is 9.59. The Morgan fingerprint density at radius 2 is 1.69 bits per heavy atom. The molecule has 3 aliphatic rings. The van der Waals surface area contributed by atoms with Gasteiger partial charge in [0.1, 0.15) is 17.1 Å². The third-order valence-corrected chi connectivity index (χ3v) is 9.04. The van der Waals surface area contributed by atoms with Crippen molar-refractivity contribution in [2.75, 3.05) is 29.6 Å². The number of nitrogens with two attached hydrogens (primary N) is 1. The number of phenolic OH excluding ortho intramolecular Hbond substituents is 1. The smallest absolute Gasteiger partial charge is 0.323 e. The van der Waals surface area contributed by atoms with Crippen LogP contribution in [-0.4, -0.2) is 63.6 Å². The lowest BCUT2D eigenvalue weighted by Crippen LogP contribution is -2.58. The lowest BCUT2D eigenvalue weighted by Gasteiger charge is -2.46. The van der Waals surface area contributed by atoms with Crippen LogP contribution in [0.2, 0.25) is 5.02 Å². The summed E-state index contributed by atoms with van der Waals surface area (Å²) in [5, 5.41) is 51.1. The summed E-state index contributed by atoms with van der Waals surface area (Å²) in [6, 6.07) is 5.89. The fourth-order valence-electron chi connectivity index (χ4n) is 6.69. The first-order valence-corrected chi connectivity index (χ1v) is 14.7. The number of benzene rings is 2. The van der Waals surface area contributed by atoms with Crippen LogP contribution in [0.25, 0.3) is 5.76 Å². The molecule has 0 aliphatic heterocycles. The number of aliphatic hydroxyl groups excluding tert-OH is 2. The van der Waals surface area contributed by atoms with Crippen LogP contribution in [0, 0.1) is 11.8 Å². The summed E-state index contributed by atoms with van der Waals surface area (Å²) in [6.45, 7) is 5.89. The Bertz CT molecular complexity index is 1760. The molecule has 2 aromatic rings. The molecule has 13 heteroatoms. The van der Waals surface area contributed by atoms with Gasteiger partial charge in [-0.25, -0.2) is 4.79 Å². The van der Waals surface area contributed by atoms with Gasteiger partial charge in [-0.2, -0.15) is 0 Å². The van der Waals surface area contributed by atoms with E-state index in [0.29, 0.717) is 22.0 Å². The summed E-state index contributed by atoms with van der Waals surface area (Å²) >= 11 is 6.19. The van der Waals surface area contributed by atoms with E-state index >= 15 is 0 Å². The number of carbonyl (C=O) groups is 4. The first kappa shape index (κ1) is 31.9. The number of aliphatic hydroxyl groups is 3. The molecule has 45 heavy (non-hydrogen) atoms. The predicted molar refractivity (Wildman–Crippen MR) is 169 cm³/mol. The maximum absolute atomic E-state index is 13.8. The average molecular weight is 639 g/mol. The molecule has 3 aliphatic carbocycles. The SMILES string of the molecule is CN(C)c1cc(NC(=O)Nc2ccc(Cl)cc2C(C)(C)C)c(O)c2c1C[C@H]1C[C@H]3CC(=O)C(C(N)=O)=C(O)[C@@]3(O)C(=O)C1=C2O. The van der Waals surface area contributed by atoms with Gasteiger partial charge in [0.15, 0.2) is 17.1 Å². The van der Waals surface area contributed by atoms with Crippen molar-refractivity contribution in [3.05, 3.63) is 62.9 Å². The number of halogens is 1. The molecule has 0 saturated heterocycles. The molecule has 0 unspecified atom stereocenters. The number of hydrogen-bond acceptors (Lipinski definition) is 9. The summed E-state index contributed by atoms with van der Waals surface area (Å²) in [6.07, 6.45) is -0.270. The van der Waals surface area contributed by atoms with Gasteiger partial charge in [0.05, 0.1) is 11.3 Å². The molecule has 0 radical (unpaired) electrons. The number of ketones is 2. The van der Waals surface area contributed by atoms with E-state index in [1.54, 1.807) is 37.2 Å². The number of phenols is 1. The van der Waals surface area contributed by atoms with Crippen LogP contribution in [0.3, 0.4) is 0 Å². The predicted octanol–water partition coefficient (Wildman–Crippen LogP) is 4.08. The van der Waals surface area contributed by atoms with Gasteiger partial charge in [-0.1, -0.05) is 32.4 Å². The number of anilines is 3. The number of primary amides is 1. The minimum absolute atomic E-state index is 0.0101. The number of nitrogens with zero attached hydrogens (tertiary/aromatic N) is 1. The molecule has 3 atom stereocenters. The van der Waals surface area contributed by atoms with E-state index in [1.807, 2.05) is 20.8 Å². The highest BCUT2D eigenvalue weighted by Gasteiger charge is 2.60. The highest BCUT2D eigenvalue weighted by Crippen LogP contribution is 2.54. The van der Waals surface area contributed by atoms with Crippen molar-refractivity contribution in [2.24, 2.45) is 17.6 Å². The molecule has 12 nitrogen and oxygen atoms in total. The van der Waals surface area contributed by atoms with E-state index in [1.165, 1.54) is 6.07 Å². The highest BCUT2D eigenvalue weighted by atomic mass is 35.5. The van der Waals surface area contributed by atoms with Crippen molar-refractivity contribution < 1.29 is 39.6 Å². The molecular formula is C32H35ClN4O8. The van der Waals surface area contributed by atoms with Crippen LogP contribution in [0.15, 0.2) is 41.2 Å². The van der Waals surface area contributed by atoms with Crippen molar-refractivity contribution in [3.63, 3.8) is 0 Å². The number of Topliss-reactive ketones (excluding diaryl/α,β-unsaturated/α-hetero) is 2. The molecule has 1 saturated carbocycles. The van der Waals surface area contributed by atoms with Crippen LogP contribution in [-0.2, 0) is 26.2 Å². The molecule has 8 N–H and O–H groups in total. The quantitative estimate of drug-likeness (QED) is 0.190. The third kappa shape index (κ3) is 5.07. The number of fused-ring (bicyclic) bond motifs is 3. The van der Waals surface area contributed by atoms with Crippen molar-refractivity contribution in [3.8, 4) is 5.75 Å². The van der Waals surface area contributed by atoms with Gasteiger partial charge in [0.2, 0.25) is 5.78 Å². The second kappa shape index (κ2) is 10.8. The molecule has 1 fully saturated rings. The molecule has 238 valence electrons. The second-order valence-corrected chi connectivity index (χ2v) is 13.4. The highest BCUT2D eigenvalue weighted by molar-refractivity contribution is 6.30. The van der Waals surface area contributed by atoms with Crippen molar-refractivity contribution >= 4 is 57.9 Å². The van der Waals surface area contributed by atoms with Gasteiger partial charge in [-0.05, 0) is 59.6 Å². The van der Waals surface area contributed by atoms with Crippen LogP contribution in [0.4, 0.5) is 21.9 Å². The minimum Gasteiger partial charge on any atom is -0.508 e. The standard InChI is InChI=1S/C32H35ClN4O8/c1-31(2,3)17-11-15(33)6-7-18(17)35-30(44)36-19-12-20(37(4)5)16-9-13-8-14-10-21(38)24(29(34)43)28(42)32(14,45)27(41)22(13)26(40)23(16)25(19)39/h6-7,11-14,39-40,42,45H,8-10H2,1-5H3,(H2,34,43)(H2,35,36,44)/t13-,14+,32+/m1/s1. The summed E-state index contributed by atoms with van der Waals surface area (Å²) in [5.41, 5.74) is 3.14. The summed E-state index contributed by atoms with van der Waals surface area (Å²) < 4.78 is 0. The molecular weight excluding hydrogens is 604 g/mol. The van der Waals surface area contributed by atoms with E-state index in [9.17, 15) is 39.6 Å². The van der Waals surface area contributed by atoms with Crippen molar-refractivity contribution in [1.29, 1.82) is 0 Å². The monoisotopic (exact) mass is 638 g/mol. The second-order valence-electron chi connectivity index (χ2n) is 13.0. The van der Waals surface area contributed by atoms with E-state index in [0.717, 1.165) is 5.56 Å². The number of hydrogen-bond donors (Lipinski definition) is 7. The van der Waals surface area contributed by atoms with E-state index < -0.39 is 70.2 Å². The van der Waals surface area contributed by atoms with Crippen molar-refractivity contribution in [2.45, 2.75) is 51.0 Å². The first-order chi connectivity index (χ1) is 20.9. The zero-order valence-corrected chi connectivity index (χ0v) is 26.2. The van der Waals surface area contributed by atoms with Gasteiger partial charge in [0, 0.05) is 48.4 Å². The van der Waals surface area contributed by atoms with Crippen LogP contribution >= 0.6 is 11.6 Å². The van der Waals surface area contributed by atoms with E-state index in [2.05, 4.69) is 10.6 Å². The van der Waals surface area contributed by atoms with Gasteiger partial charge in [-0.3, -0.25) is 14.4 Å². The summed E-state index contributed by atoms with van der Waals surface area (Å²) in [7, 11) is 3.46. The number of carbonyl (C=O) groups excluding carboxylic acids is 4. The Balaban J connectivity index is 1.58. The zero-order valence-electron chi connectivity index (χ0n) is 25.4. The molecule has 5 rings (SSSR count). The van der Waals surface area contributed by atoms with E-state index in [4.69, 9.17) is 17.3 Å². The molecule has 2 aromatic carbocycles. The number of nitrogens with one attached hydrogen (secondary N) is 2. The molecule has 0 spiro atoms. The maximum Gasteiger partial charge on any atom is 0.323 e. The Morgan fingerprint density at radius 3 is 2.29 bits per heavy atom. The Labute approximate surface area is 264 Å². The minimum atomic E-state index is -2.67. The van der Waals surface area contributed by atoms with Crippen LogP contribution in [0.1, 0.15) is 50.3 Å². The number of aromatic hydroxyl groups is 1. The van der Waals surface area contributed by atoms with Gasteiger partial charge in [0.25, 0.3) is 5.91 Å². The Kier molecular flexibility index (Phi) is 7.65. The molecule has 0 bridgehead atoms. The average Bonchev–Trinajstić information content (AvgIpc) is 2.92. The van der Waals surface area contributed by atoms with Gasteiger partial charge in [-0.15, -0.1) is 0 Å². The fraction of sp³-hybridized carbons (Fsp3) is 0.375. The third-order valence-electron chi connectivity index (χ3n) is 8.81. The maximum atomic E-state index is 13.8. The van der Waals surface area contributed by atoms with Crippen LogP contribution in [0.5, 0.6) is 5.75 Å². The first-order valence-electron chi connectivity index (χ1n) is 14.3. The summed E-state index contributed by atoms with van der Waals surface area (Å²) in [5.74, 6) is -7.27. The zero-order chi connectivity index (χ0) is 33.3. The van der Waals surface area contributed by atoms with E-state index in [-0.39, 0.29) is 35.1 Å². The molecule has 0 heterocycles. The van der Waals surface area contributed by atoms with Gasteiger partial charge >= 0.3 is 6.03 Å². The molecule has 0 aromatic heterocycles. The molecule has 3 amide bonds. The van der Waals surface area contributed by atoms with Crippen molar-refractivity contribution in [1.82, 2.24) is 0 Å². The normalized spacial score (nSPS) is 22.8. The van der Waals surface area contributed by atoms with Gasteiger partial charge < -0.3 is 41.7 Å². The number of amides is 3. The fourth-order valence-corrected chi connectivity index (χ4v) is 6.86.